The summed E-state index contributed by atoms with van der Waals surface area (Å²) in [5.74, 6) is -1.04. The van der Waals surface area contributed by atoms with E-state index >= 15 is 0 Å². The Morgan fingerprint density at radius 3 is 2.76 bits per heavy atom. The Morgan fingerprint density at radius 1 is 1.47 bits per heavy atom. The van der Waals surface area contributed by atoms with E-state index in [2.05, 4.69) is 0 Å². The van der Waals surface area contributed by atoms with E-state index in [-0.39, 0.29) is 13.0 Å². The number of aliphatic carboxylic acids is 1. The third-order valence-corrected chi connectivity index (χ3v) is 3.08. The molecule has 6 heteroatoms. The van der Waals surface area contributed by atoms with Gasteiger partial charge >= 0.3 is 5.97 Å². The molecule has 5 nitrogen and oxygen atoms in total. The maximum atomic E-state index is 10.3. The molecule has 2 unspecified atom stereocenters. The molecule has 0 amide bonds. The lowest BCUT2D eigenvalue weighted by atomic mass is 10.1. The zero-order valence-electron chi connectivity index (χ0n) is 8.98. The van der Waals surface area contributed by atoms with Crippen molar-refractivity contribution >= 4 is 23.4 Å². The third-order valence-electron chi connectivity index (χ3n) is 2.16. The van der Waals surface area contributed by atoms with Gasteiger partial charge in [-0.05, 0) is 29.5 Å². The van der Waals surface area contributed by atoms with Gasteiger partial charge in [-0.15, -0.1) is 11.3 Å². The van der Waals surface area contributed by atoms with Gasteiger partial charge in [-0.1, -0.05) is 0 Å². The average molecular weight is 258 g/mol. The van der Waals surface area contributed by atoms with Gasteiger partial charge in [-0.3, -0.25) is 0 Å². The van der Waals surface area contributed by atoms with Gasteiger partial charge in [-0.25, -0.2) is 4.79 Å². The Labute approximate surface area is 102 Å². The fraction of sp³-hybridized carbons (Fsp3) is 0.364. The zero-order valence-corrected chi connectivity index (χ0v) is 9.80. The summed E-state index contributed by atoms with van der Waals surface area (Å²) < 4.78 is 0. The van der Waals surface area contributed by atoms with Crippen LogP contribution in [-0.2, 0) is 4.79 Å². The molecule has 0 aliphatic carbocycles. The Hall–Kier alpha value is -1.21. The molecule has 1 heterocycles. The number of rotatable bonds is 6. The SMILES string of the molecule is O=C(O)/C=C/c1cc(C(O)C(O)CCO)cs1. The van der Waals surface area contributed by atoms with Crippen LogP contribution in [0.25, 0.3) is 6.08 Å². The van der Waals surface area contributed by atoms with Crippen molar-refractivity contribution in [3.8, 4) is 0 Å². The molecule has 0 bridgehead atoms. The maximum absolute atomic E-state index is 10.3. The van der Waals surface area contributed by atoms with Crippen molar-refractivity contribution in [2.45, 2.75) is 18.6 Å². The summed E-state index contributed by atoms with van der Waals surface area (Å²) in [5.41, 5.74) is 0.515. The predicted molar refractivity (Wildman–Crippen MR) is 63.7 cm³/mol. The van der Waals surface area contributed by atoms with Crippen LogP contribution in [0, 0.1) is 0 Å². The molecule has 0 aromatic carbocycles. The van der Waals surface area contributed by atoms with Crippen LogP contribution in [0.15, 0.2) is 17.5 Å². The molecule has 0 saturated carbocycles. The van der Waals surface area contributed by atoms with Gasteiger partial charge in [0.05, 0.1) is 6.10 Å². The van der Waals surface area contributed by atoms with E-state index in [0.29, 0.717) is 10.4 Å². The molecular formula is C11H14O5S. The second-order valence-corrected chi connectivity index (χ2v) is 4.42. The fourth-order valence-corrected chi connectivity index (χ4v) is 2.11. The fourth-order valence-electron chi connectivity index (χ4n) is 1.28. The highest BCUT2D eigenvalue weighted by Crippen LogP contribution is 2.25. The largest absolute Gasteiger partial charge is 0.478 e. The van der Waals surface area contributed by atoms with Crippen molar-refractivity contribution in [3.05, 3.63) is 28.0 Å². The molecule has 1 rings (SSSR count). The lowest BCUT2D eigenvalue weighted by molar-refractivity contribution is -0.131. The minimum atomic E-state index is -1.06. The van der Waals surface area contributed by atoms with Crippen molar-refractivity contribution in [1.82, 2.24) is 0 Å². The summed E-state index contributed by atoms with van der Waals surface area (Å²) in [7, 11) is 0. The quantitative estimate of drug-likeness (QED) is 0.561. The normalized spacial score (nSPS) is 15.0. The molecule has 2 atom stereocenters. The van der Waals surface area contributed by atoms with Gasteiger partial charge in [0.25, 0.3) is 0 Å². The van der Waals surface area contributed by atoms with E-state index in [4.69, 9.17) is 10.2 Å². The van der Waals surface area contributed by atoms with E-state index in [1.165, 1.54) is 17.4 Å². The first kappa shape index (κ1) is 13.9. The molecule has 4 N–H and O–H groups in total. The van der Waals surface area contributed by atoms with E-state index in [9.17, 15) is 15.0 Å². The number of thiophene rings is 1. The van der Waals surface area contributed by atoms with Gasteiger partial charge < -0.3 is 20.4 Å². The van der Waals surface area contributed by atoms with E-state index < -0.39 is 18.2 Å². The Morgan fingerprint density at radius 2 is 2.18 bits per heavy atom. The molecule has 17 heavy (non-hydrogen) atoms. The molecule has 1 aromatic heterocycles. The van der Waals surface area contributed by atoms with Crippen LogP contribution >= 0.6 is 11.3 Å². The molecule has 1 aromatic rings. The highest BCUT2D eigenvalue weighted by Gasteiger charge is 2.18. The number of aliphatic hydroxyl groups is 3. The summed E-state index contributed by atoms with van der Waals surface area (Å²) in [6.45, 7) is -0.200. The van der Waals surface area contributed by atoms with Crippen LogP contribution < -0.4 is 0 Å². The summed E-state index contributed by atoms with van der Waals surface area (Å²) >= 11 is 1.27. The van der Waals surface area contributed by atoms with Crippen molar-refractivity contribution in [3.63, 3.8) is 0 Å². The maximum Gasteiger partial charge on any atom is 0.328 e. The van der Waals surface area contributed by atoms with Crippen LogP contribution in [0.4, 0.5) is 0 Å². The first-order valence-corrected chi connectivity index (χ1v) is 5.89. The molecule has 0 saturated heterocycles. The second kappa shape index (κ2) is 6.51. The summed E-state index contributed by atoms with van der Waals surface area (Å²) in [6.07, 6.45) is 0.432. The first-order valence-electron chi connectivity index (χ1n) is 5.01. The van der Waals surface area contributed by atoms with Crippen molar-refractivity contribution < 1.29 is 25.2 Å². The number of carboxylic acids is 1. The standard InChI is InChI=1S/C11H14O5S/c12-4-3-9(13)11(16)7-5-8(17-6-7)1-2-10(14)15/h1-2,5-6,9,11-13,16H,3-4H2,(H,14,15)/b2-1+. The average Bonchev–Trinajstić information content (AvgIpc) is 2.74. The molecule has 0 aliphatic heterocycles. The van der Waals surface area contributed by atoms with Crippen LogP contribution in [-0.4, -0.2) is 39.1 Å². The molecule has 0 spiro atoms. The predicted octanol–water partition coefficient (Wildman–Crippen LogP) is 0.623. The van der Waals surface area contributed by atoms with E-state index in [1.54, 1.807) is 11.4 Å². The lowest BCUT2D eigenvalue weighted by Crippen LogP contribution is -2.18. The van der Waals surface area contributed by atoms with Gasteiger partial charge in [0, 0.05) is 17.6 Å². The van der Waals surface area contributed by atoms with Gasteiger partial charge in [0.1, 0.15) is 6.10 Å². The topological polar surface area (TPSA) is 98.0 Å². The van der Waals surface area contributed by atoms with E-state index in [0.717, 1.165) is 6.08 Å². The number of hydrogen-bond donors (Lipinski definition) is 4. The number of carboxylic acid groups (broad SMARTS) is 1. The summed E-state index contributed by atoms with van der Waals surface area (Å²) in [6, 6.07) is 1.61. The minimum Gasteiger partial charge on any atom is -0.478 e. The summed E-state index contributed by atoms with van der Waals surface area (Å²) in [5, 5.41) is 37.9. The Balaban J connectivity index is 2.70. The van der Waals surface area contributed by atoms with Crippen LogP contribution in [0.2, 0.25) is 0 Å². The summed E-state index contributed by atoms with van der Waals surface area (Å²) in [4.78, 5) is 11.0. The molecular weight excluding hydrogens is 244 g/mol. The lowest BCUT2D eigenvalue weighted by Gasteiger charge is -2.15. The molecule has 94 valence electrons. The van der Waals surface area contributed by atoms with Crippen LogP contribution in [0.3, 0.4) is 0 Å². The minimum absolute atomic E-state index is 0.0946. The van der Waals surface area contributed by atoms with E-state index in [1.807, 2.05) is 0 Å². The number of carbonyl (C=O) groups is 1. The zero-order chi connectivity index (χ0) is 12.8. The molecule has 0 fully saturated rings. The van der Waals surface area contributed by atoms with Crippen LogP contribution in [0.5, 0.6) is 0 Å². The number of hydrogen-bond acceptors (Lipinski definition) is 5. The van der Waals surface area contributed by atoms with Gasteiger partial charge in [0.15, 0.2) is 0 Å². The smallest absolute Gasteiger partial charge is 0.328 e. The van der Waals surface area contributed by atoms with Crippen molar-refractivity contribution in [2.75, 3.05) is 6.61 Å². The van der Waals surface area contributed by atoms with Crippen molar-refractivity contribution in [1.29, 1.82) is 0 Å². The highest BCUT2D eigenvalue weighted by molar-refractivity contribution is 7.11. The first-order chi connectivity index (χ1) is 8.04. The van der Waals surface area contributed by atoms with Gasteiger partial charge in [-0.2, -0.15) is 0 Å². The second-order valence-electron chi connectivity index (χ2n) is 3.48. The Kier molecular flexibility index (Phi) is 5.30. The van der Waals surface area contributed by atoms with Crippen molar-refractivity contribution in [2.24, 2.45) is 0 Å². The molecule has 0 aliphatic rings. The Bertz CT molecular complexity index is 398. The highest BCUT2D eigenvalue weighted by atomic mass is 32.1. The third kappa shape index (κ3) is 4.27. The monoisotopic (exact) mass is 258 g/mol. The number of aliphatic hydroxyl groups excluding tert-OH is 3. The van der Waals surface area contributed by atoms with Gasteiger partial charge in [0.2, 0.25) is 0 Å². The molecule has 0 radical (unpaired) electrons. The van der Waals surface area contributed by atoms with Crippen LogP contribution in [0.1, 0.15) is 23.0 Å².